The number of halogens is 3. The van der Waals surface area contributed by atoms with Gasteiger partial charge in [0.15, 0.2) is 11.5 Å². The van der Waals surface area contributed by atoms with Crippen molar-refractivity contribution in [3.8, 4) is 17.6 Å². The van der Waals surface area contributed by atoms with Gasteiger partial charge in [0.2, 0.25) is 5.91 Å². The van der Waals surface area contributed by atoms with Gasteiger partial charge < -0.3 is 14.8 Å². The van der Waals surface area contributed by atoms with Gasteiger partial charge in [-0.25, -0.2) is 8.78 Å². The molecule has 0 radical (unpaired) electrons. The summed E-state index contributed by atoms with van der Waals surface area (Å²) in [5, 5.41) is 11.9. The van der Waals surface area contributed by atoms with Crippen LogP contribution < -0.4 is 14.8 Å². The molecule has 0 heterocycles. The molecule has 1 amide bonds. The molecular weight excluding hydrogens is 402 g/mol. The van der Waals surface area contributed by atoms with E-state index in [1.807, 2.05) is 6.92 Å². The summed E-state index contributed by atoms with van der Waals surface area (Å²) in [5.74, 6) is -1.50. The quantitative estimate of drug-likeness (QED) is 0.622. The van der Waals surface area contributed by atoms with Crippen LogP contribution in [0, 0.1) is 23.0 Å². The number of ether oxygens (including phenoxy) is 2. The first-order valence-electron chi connectivity index (χ1n) is 8.73. The summed E-state index contributed by atoms with van der Waals surface area (Å²) in [7, 11) is 1.47. The maximum Gasteiger partial charge on any atom is 0.245 e. The monoisotopic (exact) mass is 420 g/mol. The second kappa shape index (κ2) is 10.4. The van der Waals surface area contributed by atoms with Gasteiger partial charge in [-0.2, -0.15) is 5.26 Å². The van der Waals surface area contributed by atoms with Crippen molar-refractivity contribution in [3.05, 3.63) is 64.2 Å². The van der Waals surface area contributed by atoms with E-state index in [9.17, 15) is 18.8 Å². The fourth-order valence-electron chi connectivity index (χ4n) is 2.46. The van der Waals surface area contributed by atoms with Gasteiger partial charge in [0.1, 0.15) is 17.7 Å². The molecule has 8 heteroatoms. The maximum absolute atomic E-state index is 13.8. The molecule has 2 aromatic carbocycles. The molecular formula is C21H19ClF2N2O3. The van der Waals surface area contributed by atoms with Crippen molar-refractivity contribution in [2.24, 2.45) is 0 Å². The first-order chi connectivity index (χ1) is 13.9. The lowest BCUT2D eigenvalue weighted by Crippen LogP contribution is -2.26. The predicted octanol–water partition coefficient (Wildman–Crippen LogP) is 4.81. The van der Waals surface area contributed by atoms with Gasteiger partial charge in [0.05, 0.1) is 24.8 Å². The van der Waals surface area contributed by atoms with Gasteiger partial charge in [-0.05, 0) is 36.3 Å². The average molecular weight is 421 g/mol. The topological polar surface area (TPSA) is 71.3 Å². The Morgan fingerprint density at radius 3 is 2.72 bits per heavy atom. The van der Waals surface area contributed by atoms with Crippen molar-refractivity contribution in [1.29, 1.82) is 5.26 Å². The summed E-state index contributed by atoms with van der Waals surface area (Å²) >= 11 is 6.23. The van der Waals surface area contributed by atoms with Crippen LogP contribution in [0.15, 0.2) is 36.4 Å². The van der Waals surface area contributed by atoms with Crippen LogP contribution in [-0.4, -0.2) is 19.6 Å². The van der Waals surface area contributed by atoms with E-state index in [1.54, 1.807) is 18.2 Å². The molecule has 29 heavy (non-hydrogen) atoms. The molecule has 2 aromatic rings. The van der Waals surface area contributed by atoms with E-state index in [0.29, 0.717) is 34.8 Å². The first kappa shape index (κ1) is 22.2. The van der Waals surface area contributed by atoms with Crippen LogP contribution in [0.3, 0.4) is 0 Å². The number of hydrogen-bond donors (Lipinski definition) is 1. The van der Waals surface area contributed by atoms with E-state index in [4.69, 9.17) is 21.1 Å². The number of carbonyl (C=O) groups is 1. The van der Waals surface area contributed by atoms with Crippen molar-refractivity contribution >= 4 is 23.6 Å². The zero-order valence-corrected chi connectivity index (χ0v) is 16.6. The lowest BCUT2D eigenvalue weighted by molar-refractivity contribution is -0.116. The van der Waals surface area contributed by atoms with Gasteiger partial charge in [0, 0.05) is 17.7 Å². The molecule has 0 aliphatic rings. The zero-order valence-electron chi connectivity index (χ0n) is 15.8. The largest absolute Gasteiger partial charge is 0.493 e. The summed E-state index contributed by atoms with van der Waals surface area (Å²) < 4.78 is 37.7. The molecule has 0 fully saturated rings. The molecule has 0 aromatic heterocycles. The van der Waals surface area contributed by atoms with Crippen molar-refractivity contribution in [1.82, 2.24) is 5.32 Å². The van der Waals surface area contributed by atoms with Crippen LogP contribution in [0.1, 0.15) is 30.5 Å². The Morgan fingerprint density at radius 2 is 2.10 bits per heavy atom. The number of benzene rings is 2. The summed E-state index contributed by atoms with van der Waals surface area (Å²) in [4.78, 5) is 12.2. The molecule has 0 aliphatic carbocycles. The number of nitrogens with one attached hydrogen (secondary N) is 1. The predicted molar refractivity (Wildman–Crippen MR) is 106 cm³/mol. The lowest BCUT2D eigenvalue weighted by Gasteiger charge is -2.13. The molecule has 0 saturated heterocycles. The van der Waals surface area contributed by atoms with Crippen molar-refractivity contribution < 1.29 is 23.0 Å². The van der Waals surface area contributed by atoms with Crippen LogP contribution in [0.5, 0.6) is 11.5 Å². The minimum absolute atomic E-state index is 0.127. The minimum Gasteiger partial charge on any atom is -0.493 e. The summed E-state index contributed by atoms with van der Waals surface area (Å²) in [6, 6.07) is 6.53. The van der Waals surface area contributed by atoms with Crippen molar-refractivity contribution in [3.63, 3.8) is 0 Å². The summed E-state index contributed by atoms with van der Waals surface area (Å²) in [6.07, 6.45) is 3.43. The minimum atomic E-state index is -1.27. The van der Waals surface area contributed by atoms with Crippen LogP contribution in [0.4, 0.5) is 8.78 Å². The second-order valence-electron chi connectivity index (χ2n) is 5.95. The highest BCUT2D eigenvalue weighted by atomic mass is 35.5. The standard InChI is InChI=1S/C21H19ClF2N2O3/c1-3-8-29-21-16(22)9-13(10-19(21)28-2)4-7-20(27)26-18(12-25)15-6-5-14(23)11-17(15)24/h4-7,9-11,18H,3,8H2,1-2H3,(H,26,27)/b7-4+. The number of amides is 1. The van der Waals surface area contributed by atoms with Crippen LogP contribution in [0.25, 0.3) is 6.08 Å². The molecule has 0 saturated carbocycles. The number of nitriles is 1. The van der Waals surface area contributed by atoms with Gasteiger partial charge in [0.25, 0.3) is 0 Å². The number of rotatable bonds is 8. The highest BCUT2D eigenvalue weighted by Crippen LogP contribution is 2.36. The van der Waals surface area contributed by atoms with Gasteiger partial charge in [-0.3, -0.25) is 4.79 Å². The van der Waals surface area contributed by atoms with Gasteiger partial charge >= 0.3 is 0 Å². The molecule has 0 bridgehead atoms. The number of methoxy groups -OCH3 is 1. The van der Waals surface area contributed by atoms with Crippen molar-refractivity contribution in [2.75, 3.05) is 13.7 Å². The highest BCUT2D eigenvalue weighted by molar-refractivity contribution is 6.32. The maximum atomic E-state index is 13.8. The van der Waals surface area contributed by atoms with Crippen LogP contribution in [-0.2, 0) is 4.79 Å². The Kier molecular flexibility index (Phi) is 7.98. The molecule has 152 valence electrons. The van der Waals surface area contributed by atoms with E-state index < -0.39 is 23.6 Å². The molecule has 5 nitrogen and oxygen atoms in total. The molecule has 1 N–H and O–H groups in total. The summed E-state index contributed by atoms with van der Waals surface area (Å²) in [6.45, 7) is 2.44. The molecule has 1 unspecified atom stereocenters. The van der Waals surface area contributed by atoms with E-state index in [2.05, 4.69) is 5.32 Å². The van der Waals surface area contributed by atoms with Crippen LogP contribution >= 0.6 is 11.6 Å². The zero-order chi connectivity index (χ0) is 21.4. The third-order valence-electron chi connectivity index (χ3n) is 3.82. The normalized spacial score (nSPS) is 11.7. The van der Waals surface area contributed by atoms with E-state index >= 15 is 0 Å². The average Bonchev–Trinajstić information content (AvgIpc) is 2.69. The van der Waals surface area contributed by atoms with E-state index in [-0.39, 0.29) is 5.56 Å². The smallest absolute Gasteiger partial charge is 0.245 e. The summed E-state index contributed by atoms with van der Waals surface area (Å²) in [5.41, 5.74) is 0.435. The lowest BCUT2D eigenvalue weighted by atomic mass is 10.1. The van der Waals surface area contributed by atoms with E-state index in [0.717, 1.165) is 18.6 Å². The third kappa shape index (κ3) is 5.93. The Morgan fingerprint density at radius 1 is 1.34 bits per heavy atom. The molecule has 1 atom stereocenters. The van der Waals surface area contributed by atoms with Crippen LogP contribution in [0.2, 0.25) is 5.02 Å². The SMILES string of the molecule is CCCOc1c(Cl)cc(/C=C/C(=O)NC(C#N)c2ccc(F)cc2F)cc1OC. The molecule has 2 rings (SSSR count). The Labute approximate surface area is 172 Å². The van der Waals surface area contributed by atoms with Gasteiger partial charge in [-0.1, -0.05) is 24.6 Å². The fourth-order valence-corrected chi connectivity index (χ4v) is 2.73. The highest BCUT2D eigenvalue weighted by Gasteiger charge is 2.17. The second-order valence-corrected chi connectivity index (χ2v) is 6.36. The van der Waals surface area contributed by atoms with Crippen molar-refractivity contribution in [2.45, 2.75) is 19.4 Å². The Hall–Kier alpha value is -3.11. The number of hydrogen-bond acceptors (Lipinski definition) is 4. The van der Waals surface area contributed by atoms with E-state index in [1.165, 1.54) is 19.3 Å². The fraction of sp³-hybridized carbons (Fsp3) is 0.238. The Bertz CT molecular complexity index is 958. The Balaban J connectivity index is 2.15. The molecule has 0 spiro atoms. The van der Waals surface area contributed by atoms with Gasteiger partial charge in [-0.15, -0.1) is 0 Å². The number of carbonyl (C=O) groups excluding carboxylic acids is 1. The first-order valence-corrected chi connectivity index (χ1v) is 9.10. The number of nitrogens with zero attached hydrogens (tertiary/aromatic N) is 1. The molecule has 0 aliphatic heterocycles. The third-order valence-corrected chi connectivity index (χ3v) is 4.10.